The van der Waals surface area contributed by atoms with Crippen molar-refractivity contribution in [3.05, 3.63) is 18.0 Å². The van der Waals surface area contributed by atoms with Gasteiger partial charge in [0.05, 0.1) is 6.20 Å². The Morgan fingerprint density at radius 1 is 1.54 bits per heavy atom. The van der Waals surface area contributed by atoms with E-state index in [-0.39, 0.29) is 0 Å². The molecule has 0 bridgehead atoms. The smallest absolute Gasteiger partial charge is 0.0525 e. The highest BCUT2D eigenvalue weighted by Gasteiger charge is 2.27. The molecular weight excluding hydrogens is 162 g/mol. The zero-order valence-electron chi connectivity index (χ0n) is 8.33. The number of hydrogen-bond donors (Lipinski definition) is 1. The summed E-state index contributed by atoms with van der Waals surface area (Å²) in [6.45, 7) is 0. The van der Waals surface area contributed by atoms with Gasteiger partial charge in [0, 0.05) is 25.2 Å². The second-order valence-electron chi connectivity index (χ2n) is 3.88. The molecule has 1 saturated carbocycles. The Morgan fingerprint density at radius 3 is 3.00 bits per heavy atom. The molecule has 0 aliphatic heterocycles. The van der Waals surface area contributed by atoms with Crippen molar-refractivity contribution in [2.45, 2.75) is 31.2 Å². The van der Waals surface area contributed by atoms with Crippen molar-refractivity contribution in [2.24, 2.45) is 7.05 Å². The maximum Gasteiger partial charge on any atom is 0.0525 e. The van der Waals surface area contributed by atoms with Gasteiger partial charge in [-0.25, -0.2) is 0 Å². The summed E-state index contributed by atoms with van der Waals surface area (Å²) < 4.78 is 1.89. The van der Waals surface area contributed by atoms with E-state index in [1.54, 1.807) is 0 Å². The fraction of sp³-hybridized carbons (Fsp3) is 0.700. The summed E-state index contributed by atoms with van der Waals surface area (Å²) in [5, 5.41) is 7.60. The van der Waals surface area contributed by atoms with E-state index >= 15 is 0 Å². The number of nitrogens with zero attached hydrogens (tertiary/aromatic N) is 2. The molecule has 1 aromatic heterocycles. The van der Waals surface area contributed by atoms with Gasteiger partial charge in [-0.2, -0.15) is 5.10 Å². The molecule has 1 heterocycles. The lowest BCUT2D eigenvalue weighted by Crippen LogP contribution is -2.27. The number of hydrogen-bond acceptors (Lipinski definition) is 2. The average Bonchev–Trinajstić information content (AvgIpc) is 2.71. The molecule has 1 aliphatic carbocycles. The van der Waals surface area contributed by atoms with Crippen molar-refractivity contribution in [2.75, 3.05) is 7.05 Å². The Kier molecular flexibility index (Phi) is 2.36. The third kappa shape index (κ3) is 1.61. The summed E-state index contributed by atoms with van der Waals surface area (Å²) in [6.07, 6.45) is 8.08. The summed E-state index contributed by atoms with van der Waals surface area (Å²) >= 11 is 0. The molecule has 13 heavy (non-hydrogen) atoms. The molecule has 1 aliphatic rings. The van der Waals surface area contributed by atoms with E-state index < -0.39 is 0 Å². The topological polar surface area (TPSA) is 29.9 Å². The Labute approximate surface area is 79.1 Å². The highest BCUT2D eigenvalue weighted by molar-refractivity contribution is 5.16. The molecule has 2 rings (SSSR count). The predicted molar refractivity (Wildman–Crippen MR) is 52.6 cm³/mol. The fourth-order valence-corrected chi connectivity index (χ4v) is 2.34. The molecule has 0 radical (unpaired) electrons. The van der Waals surface area contributed by atoms with Crippen molar-refractivity contribution < 1.29 is 0 Å². The second-order valence-corrected chi connectivity index (χ2v) is 3.88. The van der Waals surface area contributed by atoms with Crippen molar-refractivity contribution in [1.82, 2.24) is 15.1 Å². The van der Waals surface area contributed by atoms with E-state index in [1.165, 1.54) is 24.8 Å². The number of likely N-dealkylation sites (N-methyl/N-ethyl adjacent to an activating group) is 1. The molecule has 3 nitrogen and oxygen atoms in total. The number of aromatic nitrogens is 2. The van der Waals surface area contributed by atoms with Gasteiger partial charge in [-0.05, 0) is 25.5 Å². The van der Waals surface area contributed by atoms with E-state index in [1.807, 2.05) is 17.9 Å². The van der Waals surface area contributed by atoms with Gasteiger partial charge in [-0.15, -0.1) is 0 Å². The minimum absolute atomic E-state index is 0.657. The molecule has 2 unspecified atom stereocenters. The molecule has 1 fully saturated rings. The van der Waals surface area contributed by atoms with Gasteiger partial charge in [0.1, 0.15) is 0 Å². The third-order valence-corrected chi connectivity index (χ3v) is 3.04. The first-order chi connectivity index (χ1) is 6.31. The summed E-state index contributed by atoms with van der Waals surface area (Å²) in [5.41, 5.74) is 1.39. The largest absolute Gasteiger partial charge is 0.316 e. The molecule has 2 atom stereocenters. The van der Waals surface area contributed by atoms with Gasteiger partial charge in [-0.1, -0.05) is 6.42 Å². The minimum Gasteiger partial charge on any atom is -0.316 e. The van der Waals surface area contributed by atoms with E-state index in [4.69, 9.17) is 0 Å². The average molecular weight is 179 g/mol. The van der Waals surface area contributed by atoms with Crippen LogP contribution in [0.15, 0.2) is 12.4 Å². The van der Waals surface area contributed by atoms with Crippen molar-refractivity contribution in [3.63, 3.8) is 0 Å². The van der Waals surface area contributed by atoms with Crippen LogP contribution in [0.4, 0.5) is 0 Å². The van der Waals surface area contributed by atoms with Crippen molar-refractivity contribution >= 4 is 0 Å². The van der Waals surface area contributed by atoms with Crippen LogP contribution in [0.5, 0.6) is 0 Å². The van der Waals surface area contributed by atoms with Crippen LogP contribution in [0.3, 0.4) is 0 Å². The predicted octanol–water partition coefficient (Wildman–Crippen LogP) is 1.28. The van der Waals surface area contributed by atoms with Gasteiger partial charge in [0.2, 0.25) is 0 Å². The van der Waals surface area contributed by atoms with Crippen LogP contribution in [0.25, 0.3) is 0 Å². The number of aryl methyl sites for hydroxylation is 1. The molecular formula is C10H17N3. The van der Waals surface area contributed by atoms with Crippen molar-refractivity contribution in [1.29, 1.82) is 0 Å². The van der Waals surface area contributed by atoms with Crippen LogP contribution >= 0.6 is 0 Å². The highest BCUT2D eigenvalue weighted by Crippen LogP contribution is 2.33. The summed E-state index contributed by atoms with van der Waals surface area (Å²) in [7, 11) is 4.03. The highest BCUT2D eigenvalue weighted by atomic mass is 15.2. The van der Waals surface area contributed by atoms with Crippen LogP contribution in [0.2, 0.25) is 0 Å². The second kappa shape index (κ2) is 3.50. The van der Waals surface area contributed by atoms with E-state index in [9.17, 15) is 0 Å². The molecule has 1 N–H and O–H groups in total. The van der Waals surface area contributed by atoms with Crippen LogP contribution in [0.1, 0.15) is 30.7 Å². The standard InChI is InChI=1S/C10H17N3/c1-11-10-5-3-4-9(10)8-6-12-13(2)7-8/h6-7,9-11H,3-5H2,1-2H3. The molecule has 0 amide bonds. The molecule has 0 spiro atoms. The van der Waals surface area contributed by atoms with Crippen LogP contribution in [-0.4, -0.2) is 22.9 Å². The molecule has 1 aromatic rings. The zero-order valence-corrected chi connectivity index (χ0v) is 8.33. The normalized spacial score (nSPS) is 28.2. The van der Waals surface area contributed by atoms with E-state index in [0.29, 0.717) is 12.0 Å². The molecule has 3 heteroatoms. The van der Waals surface area contributed by atoms with E-state index in [0.717, 1.165) is 0 Å². The first-order valence-corrected chi connectivity index (χ1v) is 4.97. The summed E-state index contributed by atoms with van der Waals surface area (Å²) in [6, 6.07) is 0.657. The minimum atomic E-state index is 0.657. The molecule has 0 saturated heterocycles. The zero-order chi connectivity index (χ0) is 9.26. The fourth-order valence-electron chi connectivity index (χ4n) is 2.34. The third-order valence-electron chi connectivity index (χ3n) is 3.04. The molecule has 0 aromatic carbocycles. The van der Waals surface area contributed by atoms with Crippen LogP contribution in [-0.2, 0) is 7.05 Å². The lowest BCUT2D eigenvalue weighted by molar-refractivity contribution is 0.522. The Balaban J connectivity index is 2.15. The lowest BCUT2D eigenvalue weighted by atomic mass is 9.97. The first-order valence-electron chi connectivity index (χ1n) is 4.97. The first kappa shape index (κ1) is 8.75. The maximum absolute atomic E-state index is 4.22. The monoisotopic (exact) mass is 179 g/mol. The van der Waals surface area contributed by atoms with Gasteiger partial charge in [-0.3, -0.25) is 4.68 Å². The summed E-state index contributed by atoms with van der Waals surface area (Å²) in [5.74, 6) is 0.679. The number of rotatable bonds is 2. The van der Waals surface area contributed by atoms with Gasteiger partial charge in [0.15, 0.2) is 0 Å². The van der Waals surface area contributed by atoms with Gasteiger partial charge >= 0.3 is 0 Å². The Bertz CT molecular complexity index is 279. The lowest BCUT2D eigenvalue weighted by Gasteiger charge is -2.16. The van der Waals surface area contributed by atoms with Crippen molar-refractivity contribution in [3.8, 4) is 0 Å². The Hall–Kier alpha value is -0.830. The number of nitrogens with one attached hydrogen (secondary N) is 1. The maximum atomic E-state index is 4.22. The quantitative estimate of drug-likeness (QED) is 0.741. The Morgan fingerprint density at radius 2 is 2.38 bits per heavy atom. The van der Waals surface area contributed by atoms with Crippen LogP contribution < -0.4 is 5.32 Å². The SMILES string of the molecule is CNC1CCCC1c1cnn(C)c1. The summed E-state index contributed by atoms with van der Waals surface area (Å²) in [4.78, 5) is 0. The van der Waals surface area contributed by atoms with Gasteiger partial charge in [0.25, 0.3) is 0 Å². The van der Waals surface area contributed by atoms with Crippen LogP contribution in [0, 0.1) is 0 Å². The van der Waals surface area contributed by atoms with Gasteiger partial charge < -0.3 is 5.32 Å². The molecule has 72 valence electrons. The van der Waals surface area contributed by atoms with E-state index in [2.05, 4.69) is 23.7 Å².